The Balaban J connectivity index is 1.32. The van der Waals surface area contributed by atoms with Gasteiger partial charge in [0.1, 0.15) is 5.75 Å². The molecule has 0 bridgehead atoms. The van der Waals surface area contributed by atoms with Gasteiger partial charge in [0.25, 0.3) is 10.0 Å². The zero-order valence-corrected chi connectivity index (χ0v) is 20.1. The van der Waals surface area contributed by atoms with E-state index in [9.17, 15) is 8.42 Å². The van der Waals surface area contributed by atoms with Gasteiger partial charge < -0.3 is 10.1 Å². The maximum absolute atomic E-state index is 13.2. The third kappa shape index (κ3) is 3.94. The summed E-state index contributed by atoms with van der Waals surface area (Å²) in [5.41, 5.74) is 3.76. The zero-order chi connectivity index (χ0) is 24.0. The van der Waals surface area contributed by atoms with E-state index in [1.54, 1.807) is 37.4 Å². The highest BCUT2D eigenvalue weighted by Gasteiger charge is 2.38. The van der Waals surface area contributed by atoms with Gasteiger partial charge in [-0.2, -0.15) is 0 Å². The molecule has 1 aliphatic carbocycles. The van der Waals surface area contributed by atoms with E-state index >= 15 is 0 Å². The first kappa shape index (κ1) is 21.7. The normalized spacial score (nSPS) is 20.7. The number of methoxy groups -OCH3 is 1. The van der Waals surface area contributed by atoms with Crippen LogP contribution in [0.25, 0.3) is 10.8 Å². The van der Waals surface area contributed by atoms with Crippen molar-refractivity contribution in [2.75, 3.05) is 17.1 Å². The second-order valence-electron chi connectivity index (χ2n) is 9.17. The Labute approximate surface area is 205 Å². The van der Waals surface area contributed by atoms with E-state index in [-0.39, 0.29) is 16.9 Å². The monoisotopic (exact) mass is 482 g/mol. The van der Waals surface area contributed by atoms with Crippen molar-refractivity contribution in [3.05, 3.63) is 108 Å². The van der Waals surface area contributed by atoms with Crippen LogP contribution in [0.2, 0.25) is 0 Å². The van der Waals surface area contributed by atoms with E-state index in [0.717, 1.165) is 17.7 Å². The van der Waals surface area contributed by atoms with Gasteiger partial charge in [-0.1, -0.05) is 48.6 Å². The van der Waals surface area contributed by atoms with E-state index in [1.807, 2.05) is 12.1 Å². The van der Waals surface area contributed by atoms with Crippen molar-refractivity contribution in [3.63, 3.8) is 0 Å². The fraction of sp³-hybridized carbons (Fsp3) is 0.172. The highest BCUT2D eigenvalue weighted by Crippen LogP contribution is 2.50. The smallest absolute Gasteiger partial charge is 0.261 e. The van der Waals surface area contributed by atoms with E-state index < -0.39 is 10.0 Å². The molecule has 0 saturated carbocycles. The molecule has 0 radical (unpaired) electrons. The van der Waals surface area contributed by atoms with Crippen molar-refractivity contribution < 1.29 is 13.2 Å². The SMILES string of the molecule is COc1ccc(NS(=O)(=O)c2ccc3c(c2)C2C=CCC2C(c2ccc4ccccc4c2)N3)cc1. The van der Waals surface area contributed by atoms with Crippen LogP contribution < -0.4 is 14.8 Å². The molecule has 1 heterocycles. The molecule has 4 aromatic carbocycles. The molecule has 0 aromatic heterocycles. The van der Waals surface area contributed by atoms with Crippen molar-refractivity contribution in [2.45, 2.75) is 23.3 Å². The number of hydrogen-bond donors (Lipinski definition) is 2. The first-order valence-corrected chi connectivity index (χ1v) is 13.2. The second kappa shape index (κ2) is 8.47. The summed E-state index contributed by atoms with van der Waals surface area (Å²) in [4.78, 5) is 0.261. The van der Waals surface area contributed by atoms with Gasteiger partial charge in [0.05, 0.1) is 18.0 Å². The number of rotatable bonds is 5. The van der Waals surface area contributed by atoms with Crippen LogP contribution in [-0.4, -0.2) is 15.5 Å². The van der Waals surface area contributed by atoms with Gasteiger partial charge in [0.15, 0.2) is 0 Å². The van der Waals surface area contributed by atoms with Gasteiger partial charge >= 0.3 is 0 Å². The molecule has 6 rings (SSSR count). The minimum Gasteiger partial charge on any atom is -0.497 e. The Hall–Kier alpha value is -3.77. The molecule has 6 heteroatoms. The molecule has 2 N–H and O–H groups in total. The van der Waals surface area contributed by atoms with Crippen molar-refractivity contribution >= 4 is 32.2 Å². The third-order valence-corrected chi connectivity index (χ3v) is 8.50. The topological polar surface area (TPSA) is 67.4 Å². The minimum atomic E-state index is -3.73. The Bertz CT molecular complexity index is 1540. The highest BCUT2D eigenvalue weighted by molar-refractivity contribution is 7.92. The van der Waals surface area contributed by atoms with Crippen LogP contribution in [0.1, 0.15) is 29.5 Å². The van der Waals surface area contributed by atoms with E-state index in [0.29, 0.717) is 17.4 Å². The summed E-state index contributed by atoms with van der Waals surface area (Å²) in [6, 6.07) is 27.5. The standard InChI is InChI=1S/C29H26N2O3S/c1-34-23-13-11-22(12-14-23)31-35(32,33)24-15-16-28-27(18-24)25-7-4-8-26(25)29(30-28)21-10-9-19-5-2-3-6-20(19)17-21/h2-7,9-18,25-26,29-31H,8H2,1H3. The van der Waals surface area contributed by atoms with Gasteiger partial charge in [-0.05, 0) is 82.8 Å². The predicted octanol–water partition coefficient (Wildman–Crippen LogP) is 6.48. The number of sulfonamides is 1. The number of ether oxygens (including phenoxy) is 1. The number of hydrogen-bond acceptors (Lipinski definition) is 4. The van der Waals surface area contributed by atoms with Gasteiger partial charge in [-0.25, -0.2) is 8.42 Å². The molecule has 5 nitrogen and oxygen atoms in total. The molecular formula is C29H26N2O3S. The van der Waals surface area contributed by atoms with Crippen LogP contribution in [0.3, 0.4) is 0 Å². The maximum Gasteiger partial charge on any atom is 0.261 e. The van der Waals surface area contributed by atoms with E-state index in [4.69, 9.17) is 4.74 Å². The summed E-state index contributed by atoms with van der Waals surface area (Å²) < 4.78 is 34.2. The summed E-state index contributed by atoms with van der Waals surface area (Å²) in [7, 11) is -2.15. The van der Waals surface area contributed by atoms with Crippen molar-refractivity contribution in [3.8, 4) is 5.75 Å². The molecule has 176 valence electrons. The van der Waals surface area contributed by atoms with Crippen LogP contribution in [0.4, 0.5) is 11.4 Å². The number of allylic oxidation sites excluding steroid dienone is 2. The van der Waals surface area contributed by atoms with Crippen molar-refractivity contribution in [2.24, 2.45) is 5.92 Å². The number of nitrogens with one attached hydrogen (secondary N) is 2. The largest absolute Gasteiger partial charge is 0.497 e. The van der Waals surface area contributed by atoms with Crippen LogP contribution in [0.5, 0.6) is 5.75 Å². The van der Waals surface area contributed by atoms with Gasteiger partial charge in [-0.15, -0.1) is 0 Å². The molecule has 2 aliphatic rings. The fourth-order valence-electron chi connectivity index (χ4n) is 5.34. The van der Waals surface area contributed by atoms with Gasteiger partial charge in [0, 0.05) is 17.3 Å². The second-order valence-corrected chi connectivity index (χ2v) is 10.8. The molecule has 35 heavy (non-hydrogen) atoms. The van der Waals surface area contributed by atoms with Crippen molar-refractivity contribution in [1.29, 1.82) is 0 Å². The first-order chi connectivity index (χ1) is 17.0. The number of benzene rings is 4. The predicted molar refractivity (Wildman–Crippen MR) is 141 cm³/mol. The maximum atomic E-state index is 13.2. The molecule has 0 saturated heterocycles. The van der Waals surface area contributed by atoms with E-state index in [1.165, 1.54) is 16.3 Å². The highest BCUT2D eigenvalue weighted by atomic mass is 32.2. The Morgan fingerprint density at radius 2 is 1.71 bits per heavy atom. The Morgan fingerprint density at radius 1 is 0.914 bits per heavy atom. The lowest BCUT2D eigenvalue weighted by molar-refractivity contribution is 0.415. The van der Waals surface area contributed by atoms with Crippen LogP contribution in [-0.2, 0) is 10.0 Å². The lowest BCUT2D eigenvalue weighted by Crippen LogP contribution is -2.29. The first-order valence-electron chi connectivity index (χ1n) is 11.7. The summed E-state index contributed by atoms with van der Waals surface area (Å²) in [5.74, 6) is 1.17. The molecular weight excluding hydrogens is 456 g/mol. The van der Waals surface area contributed by atoms with E-state index in [2.05, 4.69) is 64.7 Å². The van der Waals surface area contributed by atoms with Crippen LogP contribution in [0, 0.1) is 5.92 Å². The lowest BCUT2D eigenvalue weighted by Gasteiger charge is -2.37. The van der Waals surface area contributed by atoms with Gasteiger partial charge in [0.2, 0.25) is 0 Å². The molecule has 3 atom stereocenters. The molecule has 4 aromatic rings. The molecule has 3 unspecified atom stereocenters. The average molecular weight is 483 g/mol. The van der Waals surface area contributed by atoms with Crippen LogP contribution >= 0.6 is 0 Å². The zero-order valence-electron chi connectivity index (χ0n) is 19.3. The number of anilines is 2. The van der Waals surface area contributed by atoms with Gasteiger partial charge in [-0.3, -0.25) is 4.72 Å². The molecule has 0 amide bonds. The summed E-state index contributed by atoms with van der Waals surface area (Å²) >= 11 is 0. The fourth-order valence-corrected chi connectivity index (χ4v) is 6.44. The minimum absolute atomic E-state index is 0.159. The average Bonchev–Trinajstić information content (AvgIpc) is 3.38. The number of fused-ring (bicyclic) bond motifs is 4. The Kier molecular flexibility index (Phi) is 5.26. The summed E-state index contributed by atoms with van der Waals surface area (Å²) in [6.45, 7) is 0. The van der Waals surface area contributed by atoms with Crippen LogP contribution in [0.15, 0.2) is 102 Å². The third-order valence-electron chi connectivity index (χ3n) is 7.12. The quantitative estimate of drug-likeness (QED) is 0.320. The Morgan fingerprint density at radius 3 is 2.51 bits per heavy atom. The molecule has 1 aliphatic heterocycles. The van der Waals surface area contributed by atoms with Crippen molar-refractivity contribution in [1.82, 2.24) is 0 Å². The molecule has 0 fully saturated rings. The summed E-state index contributed by atoms with van der Waals surface area (Å²) in [6.07, 6.45) is 5.40. The molecule has 0 spiro atoms. The lowest BCUT2D eigenvalue weighted by atomic mass is 9.77. The summed E-state index contributed by atoms with van der Waals surface area (Å²) in [5, 5.41) is 6.18.